The average molecular weight is 1370 g/mol. The fourth-order valence-electron chi connectivity index (χ4n) is 9.20. The summed E-state index contributed by atoms with van der Waals surface area (Å²) in [4.78, 5) is 88.5. The number of benzene rings is 6. The first-order valence-corrected chi connectivity index (χ1v) is 31.3. The predicted octanol–water partition coefficient (Wildman–Crippen LogP) is 17.9. The summed E-state index contributed by atoms with van der Waals surface area (Å²) in [5, 5.41) is 14.4. The maximum Gasteiger partial charge on any atom is 0.417 e. The summed E-state index contributed by atoms with van der Waals surface area (Å²) >= 11 is 9.53. The minimum absolute atomic E-state index is 0. The number of esters is 3. The van der Waals surface area contributed by atoms with Gasteiger partial charge < -0.3 is 44.3 Å². The third kappa shape index (κ3) is 35.7. The van der Waals surface area contributed by atoms with Gasteiger partial charge in [-0.2, -0.15) is 4.99 Å². The summed E-state index contributed by atoms with van der Waals surface area (Å²) in [6, 6.07) is 40.7. The fraction of sp³-hybridized carbons (Fsp3) is 0.411. The normalized spacial score (nSPS) is 11.9. The zero-order valence-corrected chi connectivity index (χ0v) is 59.5. The first kappa shape index (κ1) is 86.7. The Morgan fingerprint density at radius 3 is 1.13 bits per heavy atom. The smallest absolute Gasteiger partial charge is 0.417 e. The number of rotatable bonds is 19. The second-order valence-electron chi connectivity index (χ2n) is 25.1. The van der Waals surface area contributed by atoms with Crippen LogP contribution in [-0.2, 0) is 19.0 Å². The van der Waals surface area contributed by atoms with Gasteiger partial charge in [0.25, 0.3) is 0 Å². The number of aliphatic imine (C=N–C) groups is 1. The number of nitrogen functional groups attached to an aromatic ring is 1. The molecule has 0 aliphatic heterocycles. The molecule has 22 heteroatoms. The van der Waals surface area contributed by atoms with Crippen LogP contribution in [-0.4, -0.2) is 120 Å². The molecular weight excluding hydrogens is 1280 g/mol. The maximum atomic E-state index is 12.4. The molecule has 4 atom stereocenters. The van der Waals surface area contributed by atoms with Crippen molar-refractivity contribution in [3.8, 4) is 11.5 Å². The van der Waals surface area contributed by atoms with Crippen molar-refractivity contribution in [3.05, 3.63) is 179 Å². The Bertz CT molecular complexity index is 3340. The van der Waals surface area contributed by atoms with Crippen molar-refractivity contribution in [2.45, 2.75) is 139 Å². The van der Waals surface area contributed by atoms with E-state index in [2.05, 4.69) is 93.4 Å². The Morgan fingerprint density at radius 2 is 0.842 bits per heavy atom. The Hall–Kier alpha value is -8.29. The van der Waals surface area contributed by atoms with Crippen LogP contribution < -0.4 is 25.8 Å². The SMILES string of the molecule is C.CC(C)(C)OC(=O)c1ccc(N)cc1.CC(C)(C)OC(=O)c1ccc(N=C=O)cc1.CCC(c1cccc(OC(=O)Nc2ccc(C(=O)O)cc2)c1)C(C)CN(C)C.CCC(c1cccc(OC(=O)Nc2ccc(C(=O)OC(C)(C)C)cc2)c1)C(C)CN(C)C.Cl.ClCCl. The van der Waals surface area contributed by atoms with Gasteiger partial charge in [0.2, 0.25) is 6.08 Å². The minimum atomic E-state index is -1.01. The van der Waals surface area contributed by atoms with Crippen LogP contribution in [0.3, 0.4) is 0 Å². The van der Waals surface area contributed by atoms with Crippen LogP contribution in [0.25, 0.3) is 0 Å². The number of carbonyl (C=O) groups excluding carboxylic acids is 6. The van der Waals surface area contributed by atoms with Crippen LogP contribution >= 0.6 is 35.6 Å². The number of carboxylic acid groups (broad SMARTS) is 1. The van der Waals surface area contributed by atoms with Crippen LogP contribution in [0.4, 0.5) is 32.3 Å². The van der Waals surface area contributed by atoms with Gasteiger partial charge in [0.15, 0.2) is 0 Å². The lowest BCUT2D eigenvalue weighted by Gasteiger charge is -2.26. The quantitative estimate of drug-likeness (QED) is 0.0147. The molecule has 0 aliphatic carbocycles. The van der Waals surface area contributed by atoms with Crippen LogP contribution in [0.1, 0.15) is 175 Å². The van der Waals surface area contributed by atoms with E-state index in [1.165, 1.54) is 30.3 Å². The van der Waals surface area contributed by atoms with Crippen molar-refractivity contribution in [3.63, 3.8) is 0 Å². The Kier molecular flexibility index (Phi) is 39.2. The molecule has 0 spiro atoms. The topological polar surface area (TPSA) is 255 Å². The number of nitrogens with one attached hydrogen (secondary N) is 2. The van der Waals surface area contributed by atoms with E-state index in [0.29, 0.717) is 74.6 Å². The van der Waals surface area contributed by atoms with E-state index < -0.39 is 46.9 Å². The molecule has 95 heavy (non-hydrogen) atoms. The summed E-state index contributed by atoms with van der Waals surface area (Å²) in [5.41, 5.74) is 9.90. The molecule has 4 unspecified atom stereocenters. The first-order valence-electron chi connectivity index (χ1n) is 30.3. The van der Waals surface area contributed by atoms with E-state index in [9.17, 15) is 33.6 Å². The fourth-order valence-corrected chi connectivity index (χ4v) is 9.20. The zero-order valence-electron chi connectivity index (χ0n) is 57.1. The maximum absolute atomic E-state index is 12.4. The average Bonchev–Trinajstić information content (AvgIpc) is 0.895. The molecule has 6 rings (SSSR count). The Balaban J connectivity index is 0.00000127. The molecule has 0 saturated heterocycles. The van der Waals surface area contributed by atoms with Crippen molar-refractivity contribution in [2.24, 2.45) is 16.8 Å². The second kappa shape index (κ2) is 42.9. The van der Waals surface area contributed by atoms with Crippen molar-refractivity contribution in [1.82, 2.24) is 9.80 Å². The van der Waals surface area contributed by atoms with Crippen molar-refractivity contribution in [2.75, 3.05) is 63.0 Å². The molecule has 520 valence electrons. The predicted molar refractivity (Wildman–Crippen MR) is 385 cm³/mol. The number of carboxylic acids is 1. The Morgan fingerprint density at radius 1 is 0.537 bits per heavy atom. The van der Waals surface area contributed by atoms with Gasteiger partial charge >= 0.3 is 36.1 Å². The molecule has 0 aromatic heterocycles. The van der Waals surface area contributed by atoms with Crippen molar-refractivity contribution in [1.29, 1.82) is 0 Å². The van der Waals surface area contributed by atoms with Crippen LogP contribution in [0, 0.1) is 11.8 Å². The van der Waals surface area contributed by atoms with E-state index in [-0.39, 0.29) is 36.7 Å². The molecule has 0 bridgehead atoms. The van der Waals surface area contributed by atoms with Crippen LogP contribution in [0.15, 0.2) is 151 Å². The molecule has 6 aromatic carbocycles. The summed E-state index contributed by atoms with van der Waals surface area (Å²) in [5.74, 6) is 0.541. The number of isocyanates is 1. The van der Waals surface area contributed by atoms with Gasteiger partial charge in [0, 0.05) is 30.2 Å². The number of anilines is 3. The molecule has 0 saturated carbocycles. The lowest BCUT2D eigenvalue weighted by atomic mass is 9.85. The van der Waals surface area contributed by atoms with Gasteiger partial charge in [-0.1, -0.05) is 59.4 Å². The highest BCUT2D eigenvalue weighted by Crippen LogP contribution is 2.33. The largest absolute Gasteiger partial charge is 0.478 e. The molecule has 19 nitrogen and oxygen atoms in total. The molecule has 6 aromatic rings. The van der Waals surface area contributed by atoms with Gasteiger partial charge in [0.05, 0.1) is 33.3 Å². The van der Waals surface area contributed by atoms with Crippen LogP contribution in [0.5, 0.6) is 11.5 Å². The standard InChI is InChI=1S/C26H36N2O4.C22H28N2O4.C12H13NO3.C11H15NO2.CH2Cl2.CH4.ClH/c1-8-23(18(2)17-28(6)7)20-10-9-11-22(16-20)31-25(30)27-21-14-12-19(13-15-21)24(29)32-26(3,4)5;1-5-20(15(2)14-24(3)4)17-7-6-8-19(13-17)28-22(27)23-18-11-9-16(10-12-18)21(25)26;1-12(2,3)16-11(15)9-4-6-10(7-5-9)13-8-14;1-11(2,3)14-10(13)8-4-6-9(12)7-5-8;2-1-3;;/h9-16,18,23H,8,17H2,1-7H3,(H,27,30);6-13,15,20H,5,14H2,1-4H3,(H,23,27)(H,25,26);4-7H,1-3H3;4-7H,12H2,1-3H3;1H2;1H4;1H. The highest BCUT2D eigenvalue weighted by Gasteiger charge is 2.23. The number of ether oxygens (including phenoxy) is 5. The molecule has 0 aliphatic rings. The number of nitrogens with two attached hydrogens (primary N) is 1. The zero-order chi connectivity index (χ0) is 70.2. The van der Waals surface area contributed by atoms with E-state index >= 15 is 0 Å². The number of alkyl halides is 2. The van der Waals surface area contributed by atoms with Gasteiger partial charge in [-0.15, -0.1) is 35.6 Å². The second-order valence-corrected chi connectivity index (χ2v) is 25.9. The van der Waals surface area contributed by atoms with E-state index in [0.717, 1.165) is 37.1 Å². The molecule has 5 N–H and O–H groups in total. The Labute approximate surface area is 578 Å². The number of hydrogen-bond acceptors (Lipinski definition) is 16. The van der Waals surface area contributed by atoms with Crippen molar-refractivity contribution < 1.29 is 62.4 Å². The first-order chi connectivity index (χ1) is 43.5. The van der Waals surface area contributed by atoms with Crippen LogP contribution in [0.2, 0.25) is 0 Å². The minimum Gasteiger partial charge on any atom is -0.478 e. The summed E-state index contributed by atoms with van der Waals surface area (Å²) in [6.45, 7) is 27.2. The summed E-state index contributed by atoms with van der Waals surface area (Å²) in [6.07, 6.45) is 2.24. The third-order valence-corrected chi connectivity index (χ3v) is 12.9. The lowest BCUT2D eigenvalue weighted by Crippen LogP contribution is -2.24. The molecule has 0 radical (unpaired) electrons. The third-order valence-electron chi connectivity index (χ3n) is 12.9. The van der Waals surface area contributed by atoms with Gasteiger partial charge in [0.1, 0.15) is 28.3 Å². The van der Waals surface area contributed by atoms with E-state index in [1.54, 1.807) is 106 Å². The van der Waals surface area contributed by atoms with Crippen molar-refractivity contribution >= 4 is 101 Å². The summed E-state index contributed by atoms with van der Waals surface area (Å²) in [7, 11) is 8.28. The molecular formula is C73H99Cl3N6O13. The molecule has 0 heterocycles. The van der Waals surface area contributed by atoms with Gasteiger partial charge in [-0.25, -0.2) is 33.6 Å². The van der Waals surface area contributed by atoms with Gasteiger partial charge in [-0.3, -0.25) is 10.6 Å². The monoisotopic (exact) mass is 1370 g/mol. The van der Waals surface area contributed by atoms with Gasteiger partial charge in [-0.05, 0) is 259 Å². The number of hydrogen-bond donors (Lipinski definition) is 4. The number of nitrogens with zero attached hydrogens (tertiary/aromatic N) is 3. The number of aromatic carboxylic acids is 1. The number of amides is 2. The molecule has 2 amide bonds. The highest BCUT2D eigenvalue weighted by atomic mass is 35.5. The number of carbonyl (C=O) groups is 6. The van der Waals surface area contributed by atoms with E-state index in [4.69, 9.17) is 57.7 Å². The number of halogens is 3. The molecule has 0 fully saturated rings. The van der Waals surface area contributed by atoms with E-state index in [1.807, 2.05) is 65.8 Å². The highest BCUT2D eigenvalue weighted by molar-refractivity contribution is 6.40. The lowest BCUT2D eigenvalue weighted by molar-refractivity contribution is 0.00570. The summed E-state index contributed by atoms with van der Waals surface area (Å²) < 4.78 is 26.6.